The highest BCUT2D eigenvalue weighted by Gasteiger charge is 2.37. The van der Waals surface area contributed by atoms with E-state index >= 15 is 0 Å². The molecule has 1 saturated heterocycles. The molecule has 2 aliphatic heterocycles. The Morgan fingerprint density at radius 3 is 2.45 bits per heavy atom. The molecule has 0 saturated carbocycles. The molecule has 1 unspecified atom stereocenters. The van der Waals surface area contributed by atoms with E-state index in [0.29, 0.717) is 11.6 Å². The molecule has 2 amide bonds. The van der Waals surface area contributed by atoms with Gasteiger partial charge in [0.05, 0.1) is 5.69 Å². The normalized spacial score (nSPS) is 21.3. The molecule has 172 valence electrons. The number of benzene rings is 2. The van der Waals surface area contributed by atoms with Crippen molar-refractivity contribution in [3.8, 4) is 0 Å². The van der Waals surface area contributed by atoms with E-state index in [0.717, 1.165) is 29.7 Å². The van der Waals surface area contributed by atoms with Crippen LogP contribution in [0.15, 0.2) is 42.0 Å². The van der Waals surface area contributed by atoms with Crippen LogP contribution in [0.5, 0.6) is 0 Å². The maximum atomic E-state index is 13.4. The second-order valence-electron chi connectivity index (χ2n) is 9.72. The van der Waals surface area contributed by atoms with Crippen molar-refractivity contribution in [1.82, 2.24) is 5.32 Å². The third-order valence-electron chi connectivity index (χ3n) is 6.78. The largest absolute Gasteiger partial charge is 0.366 e. The summed E-state index contributed by atoms with van der Waals surface area (Å²) in [6.07, 6.45) is 2.75. The Hall–Kier alpha value is -2.99. The molecule has 1 N–H and O–H groups in total. The summed E-state index contributed by atoms with van der Waals surface area (Å²) in [6.45, 7) is 13.9. The van der Waals surface area contributed by atoms with E-state index in [1.807, 2.05) is 38.1 Å². The summed E-state index contributed by atoms with van der Waals surface area (Å²) in [5.74, 6) is -0.494. The van der Waals surface area contributed by atoms with Crippen LogP contribution in [0, 0.1) is 13.8 Å². The lowest BCUT2D eigenvalue weighted by Crippen LogP contribution is -2.54. The Labute approximate surface area is 201 Å². The van der Waals surface area contributed by atoms with E-state index in [1.165, 1.54) is 16.2 Å². The van der Waals surface area contributed by atoms with Crippen LogP contribution in [0.4, 0.5) is 11.4 Å². The van der Waals surface area contributed by atoms with Crippen molar-refractivity contribution in [2.75, 3.05) is 16.3 Å². The summed E-state index contributed by atoms with van der Waals surface area (Å²) >= 11 is 5.32. The molecule has 0 aromatic heterocycles. The van der Waals surface area contributed by atoms with Crippen LogP contribution in [0.25, 0.3) is 6.08 Å². The highest BCUT2D eigenvalue weighted by atomic mass is 32.1. The number of fused-ring (bicyclic) bond motifs is 1. The number of aryl methyl sites for hydroxylation is 2. The van der Waals surface area contributed by atoms with Gasteiger partial charge in [-0.1, -0.05) is 24.6 Å². The molecule has 2 aromatic rings. The Morgan fingerprint density at radius 2 is 1.82 bits per heavy atom. The highest BCUT2D eigenvalue weighted by molar-refractivity contribution is 7.80. The van der Waals surface area contributed by atoms with E-state index in [-0.39, 0.29) is 16.2 Å². The van der Waals surface area contributed by atoms with E-state index in [2.05, 4.69) is 50.0 Å². The van der Waals surface area contributed by atoms with Crippen molar-refractivity contribution in [3.63, 3.8) is 0 Å². The molecule has 5 nitrogen and oxygen atoms in total. The number of hydrogen-bond acceptors (Lipinski definition) is 4. The summed E-state index contributed by atoms with van der Waals surface area (Å²) in [7, 11) is 0. The summed E-state index contributed by atoms with van der Waals surface area (Å²) in [5, 5.41) is 2.78. The number of rotatable bonds is 3. The van der Waals surface area contributed by atoms with Gasteiger partial charge >= 0.3 is 0 Å². The number of thiocarbonyl (C=S) groups is 1. The van der Waals surface area contributed by atoms with E-state index in [9.17, 15) is 9.59 Å². The van der Waals surface area contributed by atoms with E-state index in [1.54, 1.807) is 6.08 Å². The maximum absolute atomic E-state index is 13.4. The van der Waals surface area contributed by atoms with Crippen molar-refractivity contribution in [1.29, 1.82) is 0 Å². The van der Waals surface area contributed by atoms with Crippen LogP contribution >= 0.6 is 12.2 Å². The lowest BCUT2D eigenvalue weighted by atomic mass is 9.79. The zero-order valence-corrected chi connectivity index (χ0v) is 21.0. The number of carbonyl (C=O) groups excluding carboxylic acids is 2. The molecule has 0 spiro atoms. The molecule has 6 heteroatoms. The van der Waals surface area contributed by atoms with Gasteiger partial charge in [0.1, 0.15) is 5.57 Å². The molecule has 1 atom stereocenters. The number of nitrogens with zero attached hydrogens (tertiary/aromatic N) is 2. The Bertz CT molecular complexity index is 1180. The fraction of sp³-hybridized carbons (Fsp3) is 0.370. The SMILES string of the molecule is CCN1c2cc(C)c(/C=C3\C(=O)NC(=S)N(c4ccc(C)cc4)C3=O)cc2C(C)CC1(C)C. The molecular formula is C27H31N3O2S. The average molecular weight is 462 g/mol. The van der Waals surface area contributed by atoms with Crippen LogP contribution in [-0.2, 0) is 9.59 Å². The third kappa shape index (κ3) is 4.08. The summed E-state index contributed by atoms with van der Waals surface area (Å²) < 4.78 is 0. The average Bonchev–Trinajstić information content (AvgIpc) is 2.72. The summed E-state index contributed by atoms with van der Waals surface area (Å²) in [4.78, 5) is 30.0. The van der Waals surface area contributed by atoms with Gasteiger partial charge in [-0.2, -0.15) is 0 Å². The molecule has 0 bridgehead atoms. The van der Waals surface area contributed by atoms with Crippen molar-refractivity contribution in [3.05, 3.63) is 64.2 Å². The fourth-order valence-electron chi connectivity index (χ4n) is 5.15. The number of amides is 2. The van der Waals surface area contributed by atoms with Gasteiger partial charge in [0, 0.05) is 17.8 Å². The topological polar surface area (TPSA) is 52.7 Å². The van der Waals surface area contributed by atoms with E-state index in [4.69, 9.17) is 12.2 Å². The molecule has 2 heterocycles. The maximum Gasteiger partial charge on any atom is 0.270 e. The predicted octanol–water partition coefficient (Wildman–Crippen LogP) is 5.25. The van der Waals surface area contributed by atoms with E-state index < -0.39 is 11.8 Å². The Balaban J connectivity index is 1.77. The van der Waals surface area contributed by atoms with Crippen LogP contribution < -0.4 is 15.1 Å². The van der Waals surface area contributed by atoms with Crippen molar-refractivity contribution >= 4 is 46.6 Å². The molecule has 4 rings (SSSR count). The first-order valence-corrected chi connectivity index (χ1v) is 11.8. The van der Waals surface area contributed by atoms with Gasteiger partial charge < -0.3 is 4.90 Å². The molecule has 2 aliphatic rings. The van der Waals surface area contributed by atoms with Crippen LogP contribution in [-0.4, -0.2) is 29.0 Å². The minimum Gasteiger partial charge on any atom is -0.366 e. The van der Waals surface area contributed by atoms with Crippen molar-refractivity contribution in [2.45, 2.75) is 59.4 Å². The van der Waals surface area contributed by atoms with Crippen molar-refractivity contribution < 1.29 is 9.59 Å². The van der Waals surface area contributed by atoms with Gasteiger partial charge in [-0.3, -0.25) is 19.8 Å². The van der Waals surface area contributed by atoms with Crippen LogP contribution in [0.1, 0.15) is 62.3 Å². The quantitative estimate of drug-likeness (QED) is 0.386. The molecule has 0 aliphatic carbocycles. The summed E-state index contributed by atoms with van der Waals surface area (Å²) in [6, 6.07) is 11.8. The molecular weight excluding hydrogens is 430 g/mol. The minimum atomic E-state index is -0.463. The number of hydrogen-bond donors (Lipinski definition) is 1. The van der Waals surface area contributed by atoms with Crippen molar-refractivity contribution in [2.24, 2.45) is 0 Å². The zero-order valence-electron chi connectivity index (χ0n) is 20.2. The van der Waals surface area contributed by atoms with Gasteiger partial charge in [0.25, 0.3) is 11.8 Å². The molecule has 2 aromatic carbocycles. The zero-order chi connectivity index (χ0) is 24.1. The first-order valence-electron chi connectivity index (χ1n) is 11.4. The number of carbonyl (C=O) groups is 2. The smallest absolute Gasteiger partial charge is 0.270 e. The minimum absolute atomic E-state index is 0.0804. The van der Waals surface area contributed by atoms with Gasteiger partial charge in [-0.05, 0) is 106 Å². The standard InChI is InChI=1S/C27H31N3O2S/c1-7-29-23-12-17(3)19(13-21(23)18(4)15-27(29,5)6)14-22-24(31)28-26(33)30(25(22)32)20-10-8-16(2)9-11-20/h8-14,18H,7,15H2,1-6H3,(H,28,31,33)/b22-14+. The lowest BCUT2D eigenvalue weighted by molar-refractivity contribution is -0.122. The first kappa shape index (κ1) is 23.2. The molecule has 0 radical (unpaired) electrons. The summed E-state index contributed by atoms with van der Waals surface area (Å²) in [5.41, 5.74) is 6.29. The fourth-order valence-corrected chi connectivity index (χ4v) is 5.43. The van der Waals surface area contributed by atoms with Gasteiger partial charge in [0.15, 0.2) is 5.11 Å². The van der Waals surface area contributed by atoms with Crippen LogP contribution in [0.2, 0.25) is 0 Å². The van der Waals surface area contributed by atoms with Gasteiger partial charge in [0.2, 0.25) is 0 Å². The van der Waals surface area contributed by atoms with Gasteiger partial charge in [-0.15, -0.1) is 0 Å². The van der Waals surface area contributed by atoms with Crippen LogP contribution in [0.3, 0.4) is 0 Å². The lowest BCUT2D eigenvalue weighted by Gasteiger charge is -2.47. The monoisotopic (exact) mass is 461 g/mol. The second-order valence-corrected chi connectivity index (χ2v) is 10.1. The Morgan fingerprint density at radius 1 is 1.15 bits per heavy atom. The molecule has 33 heavy (non-hydrogen) atoms. The predicted molar refractivity (Wildman–Crippen MR) is 139 cm³/mol. The Kier molecular flexibility index (Phi) is 5.91. The molecule has 1 fully saturated rings. The third-order valence-corrected chi connectivity index (χ3v) is 7.07. The number of nitrogens with one attached hydrogen (secondary N) is 1. The number of anilines is 2. The highest BCUT2D eigenvalue weighted by Crippen LogP contribution is 2.44. The first-order chi connectivity index (χ1) is 15.5. The second kappa shape index (κ2) is 8.41. The van der Waals surface area contributed by atoms with Gasteiger partial charge in [-0.25, -0.2) is 0 Å².